The summed E-state index contributed by atoms with van der Waals surface area (Å²) in [5.41, 5.74) is 0. The highest BCUT2D eigenvalue weighted by molar-refractivity contribution is 6.60. The summed E-state index contributed by atoms with van der Waals surface area (Å²) in [5, 5.41) is 0. The second kappa shape index (κ2) is 9.40. The molecular weight excluding hydrogens is 244 g/mol. The molecule has 0 aliphatic heterocycles. The minimum Gasteiger partial charge on any atom is -0.435 e. The van der Waals surface area contributed by atoms with Gasteiger partial charge in [-0.15, -0.1) is 0 Å². The third kappa shape index (κ3) is 6.62. The summed E-state index contributed by atoms with van der Waals surface area (Å²) in [6, 6.07) is 0. The van der Waals surface area contributed by atoms with E-state index in [1.54, 1.807) is 6.92 Å². The number of carbonyl (C=O) groups excluding carboxylic acids is 1. The normalized spacial score (nSPS) is 11.3. The predicted molar refractivity (Wildman–Crippen MR) is 63.6 cm³/mol. The number of hydrogen-bond acceptors (Lipinski definition) is 6. The Labute approximate surface area is 104 Å². The molecule has 7 heteroatoms. The third-order valence-electron chi connectivity index (χ3n) is 1.72. The molecule has 0 aromatic rings. The quantitative estimate of drug-likeness (QED) is 0.468. The van der Waals surface area contributed by atoms with Crippen LogP contribution < -0.4 is 0 Å². The molecule has 0 saturated carbocycles. The molecule has 6 nitrogen and oxygen atoms in total. The fourth-order valence-electron chi connectivity index (χ4n) is 1.22. The van der Waals surface area contributed by atoms with E-state index in [4.69, 9.17) is 18.0 Å². The number of ether oxygens (including phenoxy) is 2. The van der Waals surface area contributed by atoms with E-state index < -0.39 is 15.0 Å². The number of rotatable bonds is 9. The van der Waals surface area contributed by atoms with Gasteiger partial charge >= 0.3 is 15.0 Å². The Balaban J connectivity index is 4.37. The lowest BCUT2D eigenvalue weighted by Crippen LogP contribution is -2.51. The molecule has 0 aromatic heterocycles. The Morgan fingerprint density at radius 3 is 1.65 bits per heavy atom. The van der Waals surface area contributed by atoms with Crippen LogP contribution >= 0.6 is 0 Å². The molecule has 0 bridgehead atoms. The zero-order valence-corrected chi connectivity index (χ0v) is 12.0. The van der Waals surface area contributed by atoms with Crippen molar-refractivity contribution in [2.24, 2.45) is 0 Å². The highest BCUT2D eigenvalue weighted by Gasteiger charge is 2.42. The fraction of sp³-hybridized carbons (Fsp3) is 0.900. The molecule has 0 radical (unpaired) electrons. The van der Waals surface area contributed by atoms with Gasteiger partial charge in [-0.3, -0.25) is 0 Å². The van der Waals surface area contributed by atoms with Gasteiger partial charge in [-0.05, 0) is 27.7 Å². The molecule has 0 atom stereocenters. The lowest BCUT2D eigenvalue weighted by Gasteiger charge is -2.27. The number of hydrogen-bond donors (Lipinski definition) is 0. The van der Waals surface area contributed by atoms with Crippen molar-refractivity contribution < 1.29 is 27.5 Å². The molecule has 102 valence electrons. The first-order valence-electron chi connectivity index (χ1n) is 5.85. The summed E-state index contributed by atoms with van der Waals surface area (Å²) in [5.74, 6) is 0. The Bertz CT molecular complexity index is 194. The Kier molecular flexibility index (Phi) is 9.05. The molecule has 0 aliphatic rings. The average molecular weight is 266 g/mol. The zero-order valence-electron chi connectivity index (χ0n) is 11.0. The van der Waals surface area contributed by atoms with Gasteiger partial charge in [-0.2, -0.15) is 0 Å². The van der Waals surface area contributed by atoms with E-state index in [2.05, 4.69) is 4.74 Å². The molecule has 0 fully saturated rings. The van der Waals surface area contributed by atoms with E-state index in [0.29, 0.717) is 19.8 Å². The van der Waals surface area contributed by atoms with Crippen LogP contribution in [0.3, 0.4) is 0 Å². The van der Waals surface area contributed by atoms with Crippen LogP contribution in [0.5, 0.6) is 0 Å². The zero-order chi connectivity index (χ0) is 13.1. The lowest BCUT2D eigenvalue weighted by atomic mass is 10.9. The Morgan fingerprint density at radius 2 is 1.29 bits per heavy atom. The standard InChI is InChI=1S/C10H22O6Si/c1-5-12-10(11)13-9-17(14-6-2,15-7-3)16-8-4/h5-9H2,1-4H3. The molecule has 0 aliphatic carbocycles. The van der Waals surface area contributed by atoms with Gasteiger partial charge in [0.25, 0.3) is 0 Å². The smallest absolute Gasteiger partial charge is 0.435 e. The monoisotopic (exact) mass is 266 g/mol. The molecule has 0 heterocycles. The van der Waals surface area contributed by atoms with E-state index in [1.165, 1.54) is 0 Å². The molecular formula is C10H22O6Si. The van der Waals surface area contributed by atoms with Gasteiger partial charge < -0.3 is 22.8 Å². The van der Waals surface area contributed by atoms with Crippen LogP contribution in [0.15, 0.2) is 0 Å². The topological polar surface area (TPSA) is 63.2 Å². The maximum atomic E-state index is 11.1. The average Bonchev–Trinajstić information content (AvgIpc) is 2.28. The van der Waals surface area contributed by atoms with Crippen molar-refractivity contribution in [3.63, 3.8) is 0 Å². The van der Waals surface area contributed by atoms with Gasteiger partial charge in [-0.1, -0.05) is 0 Å². The van der Waals surface area contributed by atoms with Crippen LogP contribution in [0.2, 0.25) is 0 Å². The summed E-state index contributed by atoms with van der Waals surface area (Å²) < 4.78 is 26.1. The van der Waals surface area contributed by atoms with Crippen LogP contribution in [0, 0.1) is 0 Å². The molecule has 0 amide bonds. The second-order valence-corrected chi connectivity index (χ2v) is 5.47. The summed E-state index contributed by atoms with van der Waals surface area (Å²) >= 11 is 0. The molecule has 0 unspecified atom stereocenters. The van der Waals surface area contributed by atoms with Crippen molar-refractivity contribution in [3.05, 3.63) is 0 Å². The molecule has 0 spiro atoms. The van der Waals surface area contributed by atoms with Gasteiger partial charge in [0, 0.05) is 19.8 Å². The summed E-state index contributed by atoms with van der Waals surface area (Å²) in [7, 11) is -2.91. The lowest BCUT2D eigenvalue weighted by molar-refractivity contribution is 0.0218. The molecule has 17 heavy (non-hydrogen) atoms. The van der Waals surface area contributed by atoms with Crippen LogP contribution in [0.4, 0.5) is 4.79 Å². The maximum Gasteiger partial charge on any atom is 0.540 e. The first-order valence-corrected chi connectivity index (χ1v) is 7.78. The van der Waals surface area contributed by atoms with E-state index in [-0.39, 0.29) is 12.8 Å². The van der Waals surface area contributed by atoms with Gasteiger partial charge in [0.1, 0.15) is 0 Å². The van der Waals surface area contributed by atoms with Crippen molar-refractivity contribution >= 4 is 15.0 Å². The molecule has 0 saturated heterocycles. The SMILES string of the molecule is CCOC(=O)OC[Si](OCC)(OCC)OCC. The minimum absolute atomic E-state index is 0.0264. The van der Waals surface area contributed by atoms with E-state index in [9.17, 15) is 4.79 Å². The highest BCUT2D eigenvalue weighted by atomic mass is 28.4. The fourth-order valence-corrected chi connectivity index (χ4v) is 3.33. The molecule has 0 N–H and O–H groups in total. The summed E-state index contributed by atoms with van der Waals surface area (Å²) in [6.07, 6.45) is -0.759. The van der Waals surface area contributed by atoms with Crippen LogP contribution in [0.1, 0.15) is 27.7 Å². The Morgan fingerprint density at radius 1 is 0.824 bits per heavy atom. The van der Waals surface area contributed by atoms with Crippen LogP contribution in [-0.4, -0.2) is 47.6 Å². The van der Waals surface area contributed by atoms with Gasteiger partial charge in [0.15, 0.2) is 6.23 Å². The minimum atomic E-state index is -2.91. The van der Waals surface area contributed by atoms with E-state index in [1.807, 2.05) is 20.8 Å². The predicted octanol–water partition coefficient (Wildman–Crippen LogP) is 1.75. The molecule has 0 rings (SSSR count). The van der Waals surface area contributed by atoms with E-state index >= 15 is 0 Å². The van der Waals surface area contributed by atoms with Gasteiger partial charge in [0.05, 0.1) is 6.61 Å². The van der Waals surface area contributed by atoms with Crippen molar-refractivity contribution in [2.45, 2.75) is 27.7 Å². The maximum absolute atomic E-state index is 11.1. The first kappa shape index (κ1) is 16.4. The Hall–Kier alpha value is -0.633. The van der Waals surface area contributed by atoms with Gasteiger partial charge in [0.2, 0.25) is 0 Å². The summed E-state index contributed by atoms with van der Waals surface area (Å²) in [4.78, 5) is 11.1. The van der Waals surface area contributed by atoms with Crippen molar-refractivity contribution in [3.8, 4) is 0 Å². The highest BCUT2D eigenvalue weighted by Crippen LogP contribution is 2.11. The van der Waals surface area contributed by atoms with E-state index in [0.717, 1.165) is 0 Å². The largest absolute Gasteiger partial charge is 0.540 e. The first-order chi connectivity index (χ1) is 8.14. The third-order valence-corrected chi connectivity index (χ3v) is 4.41. The van der Waals surface area contributed by atoms with Crippen LogP contribution in [-0.2, 0) is 22.8 Å². The van der Waals surface area contributed by atoms with Crippen LogP contribution in [0.25, 0.3) is 0 Å². The molecule has 0 aromatic carbocycles. The second-order valence-electron chi connectivity index (χ2n) is 2.95. The van der Waals surface area contributed by atoms with Crippen molar-refractivity contribution in [1.29, 1.82) is 0 Å². The summed E-state index contributed by atoms with van der Waals surface area (Å²) in [6.45, 7) is 8.82. The van der Waals surface area contributed by atoms with Crippen molar-refractivity contribution in [2.75, 3.05) is 32.7 Å². The van der Waals surface area contributed by atoms with Gasteiger partial charge in [-0.25, -0.2) is 4.79 Å². The van der Waals surface area contributed by atoms with Crippen molar-refractivity contribution in [1.82, 2.24) is 0 Å². The number of carbonyl (C=O) groups is 1.